The van der Waals surface area contributed by atoms with Crippen LogP contribution in [-0.2, 0) is 14.3 Å². The maximum atomic E-state index is 12.5. The SMILES string of the molecule is CCCCCC/C=C\C/C=C\CCCCCCCCCC(=O)OCCCCCCCCCCCCCCCCCCCCCCC(=O)NC(CO)C(O)/C=C/CCCCCCCCCCCCCCCCCC. The number of aliphatic hydroxyl groups excluding tert-OH is 2. The molecule has 0 fully saturated rings. The molecule has 6 nitrogen and oxygen atoms in total. The Morgan fingerprint density at radius 1 is 0.384 bits per heavy atom. The first kappa shape index (κ1) is 71.1. The van der Waals surface area contributed by atoms with E-state index in [0.717, 1.165) is 51.4 Å². The van der Waals surface area contributed by atoms with Gasteiger partial charge in [0.25, 0.3) is 0 Å². The fraction of sp³-hybridized carbons (Fsp3) is 0.881. The molecule has 0 aliphatic rings. The summed E-state index contributed by atoms with van der Waals surface area (Å²) in [7, 11) is 0. The zero-order chi connectivity index (χ0) is 52.9. The Hall–Kier alpha value is -1.92. The molecule has 0 saturated carbocycles. The normalized spacial score (nSPS) is 12.8. The smallest absolute Gasteiger partial charge is 0.305 e. The molecule has 0 saturated heterocycles. The van der Waals surface area contributed by atoms with Crippen molar-refractivity contribution in [1.82, 2.24) is 5.32 Å². The van der Waals surface area contributed by atoms with Gasteiger partial charge in [0.1, 0.15) is 0 Å². The van der Waals surface area contributed by atoms with Crippen LogP contribution in [0.15, 0.2) is 36.5 Å². The summed E-state index contributed by atoms with van der Waals surface area (Å²) in [5.41, 5.74) is 0. The largest absolute Gasteiger partial charge is 0.466 e. The average molecular weight is 1030 g/mol. The van der Waals surface area contributed by atoms with Crippen LogP contribution in [0.4, 0.5) is 0 Å². The summed E-state index contributed by atoms with van der Waals surface area (Å²) in [5.74, 6) is -0.0646. The Bertz CT molecular complexity index is 1180. The Labute approximate surface area is 455 Å². The van der Waals surface area contributed by atoms with Crippen LogP contribution in [0.3, 0.4) is 0 Å². The van der Waals surface area contributed by atoms with Gasteiger partial charge in [-0.15, -0.1) is 0 Å². The van der Waals surface area contributed by atoms with Gasteiger partial charge in [-0.1, -0.05) is 314 Å². The lowest BCUT2D eigenvalue weighted by Crippen LogP contribution is -2.45. The second-order valence-electron chi connectivity index (χ2n) is 22.5. The predicted molar refractivity (Wildman–Crippen MR) is 319 cm³/mol. The number of esters is 1. The van der Waals surface area contributed by atoms with Crippen LogP contribution in [0.2, 0.25) is 0 Å². The van der Waals surface area contributed by atoms with E-state index in [1.807, 2.05) is 6.08 Å². The molecule has 2 unspecified atom stereocenters. The van der Waals surface area contributed by atoms with Gasteiger partial charge in [-0.3, -0.25) is 9.59 Å². The number of carbonyl (C=O) groups excluding carboxylic acids is 2. The third-order valence-corrected chi connectivity index (χ3v) is 15.2. The third-order valence-electron chi connectivity index (χ3n) is 15.2. The molecule has 1 amide bonds. The van der Waals surface area contributed by atoms with Crippen LogP contribution >= 0.6 is 0 Å². The quantitative estimate of drug-likeness (QED) is 0.0320. The lowest BCUT2D eigenvalue weighted by Gasteiger charge is -2.20. The van der Waals surface area contributed by atoms with Crippen LogP contribution in [0.25, 0.3) is 0 Å². The highest BCUT2D eigenvalue weighted by Gasteiger charge is 2.18. The van der Waals surface area contributed by atoms with Crippen molar-refractivity contribution in [2.45, 2.75) is 366 Å². The summed E-state index contributed by atoms with van der Waals surface area (Å²) in [4.78, 5) is 24.6. The van der Waals surface area contributed by atoms with Crippen molar-refractivity contribution in [2.24, 2.45) is 0 Å². The first-order valence-corrected chi connectivity index (χ1v) is 32.8. The summed E-state index contributed by atoms with van der Waals surface area (Å²) >= 11 is 0. The van der Waals surface area contributed by atoms with Gasteiger partial charge in [0.05, 0.1) is 25.4 Å². The van der Waals surface area contributed by atoms with Crippen molar-refractivity contribution >= 4 is 11.9 Å². The van der Waals surface area contributed by atoms with Crippen molar-refractivity contribution in [3.63, 3.8) is 0 Å². The van der Waals surface area contributed by atoms with E-state index in [1.54, 1.807) is 6.08 Å². The van der Waals surface area contributed by atoms with Gasteiger partial charge in [0.2, 0.25) is 5.91 Å². The maximum Gasteiger partial charge on any atom is 0.305 e. The highest BCUT2D eigenvalue weighted by Crippen LogP contribution is 2.18. The molecule has 0 aromatic heterocycles. The Morgan fingerprint density at radius 3 is 1.05 bits per heavy atom. The first-order chi connectivity index (χ1) is 36.0. The zero-order valence-electron chi connectivity index (χ0n) is 49.1. The van der Waals surface area contributed by atoms with Crippen LogP contribution in [0, 0.1) is 0 Å². The van der Waals surface area contributed by atoms with Crippen LogP contribution in [-0.4, -0.2) is 47.4 Å². The molecule has 6 heteroatoms. The Kier molecular flexibility index (Phi) is 61.0. The predicted octanol–water partition coefficient (Wildman–Crippen LogP) is 20.8. The van der Waals surface area contributed by atoms with Crippen molar-refractivity contribution in [3.05, 3.63) is 36.5 Å². The van der Waals surface area contributed by atoms with Crippen LogP contribution in [0.1, 0.15) is 354 Å². The molecule has 3 N–H and O–H groups in total. The fourth-order valence-corrected chi connectivity index (χ4v) is 10.1. The van der Waals surface area contributed by atoms with E-state index in [0.29, 0.717) is 19.4 Å². The highest BCUT2D eigenvalue weighted by molar-refractivity contribution is 5.76. The van der Waals surface area contributed by atoms with E-state index in [2.05, 4.69) is 43.5 Å². The van der Waals surface area contributed by atoms with Gasteiger partial charge >= 0.3 is 5.97 Å². The standard InChI is InChI=1S/C67H127NO5/c1-3-5-7-9-11-13-15-17-19-21-27-31-35-39-43-47-51-55-59-65(70)64(63-69)68-66(71)60-56-52-48-44-40-36-32-28-25-23-24-26-30-34-38-42-46-50-54-58-62-73-67(72)61-57-53-49-45-41-37-33-29-22-20-18-16-14-12-10-8-6-4-2/h14,16,20,22,55,59,64-65,69-70H,3-13,15,17-19,21,23-54,56-58,60-63H2,1-2H3,(H,68,71)/b16-14-,22-20-,59-55+. The molecule has 0 spiro atoms. The number of hydrogen-bond donors (Lipinski definition) is 3. The number of unbranched alkanes of at least 4 members (excludes halogenated alkanes) is 46. The van der Waals surface area contributed by atoms with Crippen LogP contribution in [0.5, 0.6) is 0 Å². The molecule has 0 aliphatic carbocycles. The summed E-state index contributed by atoms with van der Waals surface area (Å²) in [6, 6.07) is -0.630. The van der Waals surface area contributed by atoms with Crippen LogP contribution < -0.4 is 5.32 Å². The molecule has 73 heavy (non-hydrogen) atoms. The summed E-state index contributed by atoms with van der Waals surface area (Å²) < 4.78 is 5.49. The molecule has 0 radical (unpaired) electrons. The van der Waals surface area contributed by atoms with E-state index in [1.165, 1.54) is 276 Å². The molecular formula is C67H127NO5. The summed E-state index contributed by atoms with van der Waals surface area (Å²) in [5, 5.41) is 23.2. The van der Waals surface area contributed by atoms with Gasteiger partial charge in [-0.05, 0) is 64.2 Å². The van der Waals surface area contributed by atoms with E-state index in [-0.39, 0.29) is 18.5 Å². The number of carbonyl (C=O) groups is 2. The monoisotopic (exact) mass is 1030 g/mol. The number of allylic oxidation sites excluding steroid dienone is 5. The number of aliphatic hydroxyl groups is 2. The van der Waals surface area contributed by atoms with Gasteiger partial charge in [-0.25, -0.2) is 0 Å². The minimum atomic E-state index is -0.847. The topological polar surface area (TPSA) is 95.9 Å². The Balaban J connectivity index is 3.42. The molecule has 430 valence electrons. The van der Waals surface area contributed by atoms with Crippen molar-refractivity contribution < 1.29 is 24.5 Å². The Morgan fingerprint density at radius 2 is 0.685 bits per heavy atom. The summed E-state index contributed by atoms with van der Waals surface area (Å²) in [6.45, 7) is 4.90. The van der Waals surface area contributed by atoms with Gasteiger partial charge in [0, 0.05) is 12.8 Å². The molecule has 0 heterocycles. The lowest BCUT2D eigenvalue weighted by atomic mass is 10.0. The van der Waals surface area contributed by atoms with Gasteiger partial charge < -0.3 is 20.3 Å². The molecule has 0 aromatic carbocycles. The van der Waals surface area contributed by atoms with Crippen molar-refractivity contribution in [2.75, 3.05) is 13.2 Å². The van der Waals surface area contributed by atoms with Crippen molar-refractivity contribution in [3.8, 4) is 0 Å². The molecule has 0 aliphatic heterocycles. The number of ether oxygens (including phenoxy) is 1. The highest BCUT2D eigenvalue weighted by atomic mass is 16.5. The second-order valence-corrected chi connectivity index (χ2v) is 22.5. The first-order valence-electron chi connectivity index (χ1n) is 32.8. The minimum absolute atomic E-state index is 0.00296. The number of amides is 1. The van der Waals surface area contributed by atoms with E-state index in [9.17, 15) is 19.8 Å². The third kappa shape index (κ3) is 59.2. The van der Waals surface area contributed by atoms with E-state index >= 15 is 0 Å². The van der Waals surface area contributed by atoms with E-state index in [4.69, 9.17) is 4.74 Å². The number of hydrogen-bond acceptors (Lipinski definition) is 5. The number of rotatable bonds is 61. The average Bonchev–Trinajstić information content (AvgIpc) is 3.39. The second kappa shape index (κ2) is 62.6. The molecule has 2 atom stereocenters. The minimum Gasteiger partial charge on any atom is -0.466 e. The number of nitrogens with one attached hydrogen (secondary N) is 1. The molecule has 0 rings (SSSR count). The zero-order valence-corrected chi connectivity index (χ0v) is 49.1. The van der Waals surface area contributed by atoms with Crippen molar-refractivity contribution in [1.29, 1.82) is 0 Å². The fourth-order valence-electron chi connectivity index (χ4n) is 10.1. The molecule has 0 aromatic rings. The molecular weight excluding hydrogens is 899 g/mol. The van der Waals surface area contributed by atoms with Gasteiger partial charge in [-0.2, -0.15) is 0 Å². The van der Waals surface area contributed by atoms with Gasteiger partial charge in [0.15, 0.2) is 0 Å². The maximum absolute atomic E-state index is 12.5. The lowest BCUT2D eigenvalue weighted by molar-refractivity contribution is -0.143. The summed E-state index contributed by atoms with van der Waals surface area (Å²) in [6.07, 6.45) is 79.0. The molecule has 0 bridgehead atoms. The van der Waals surface area contributed by atoms with E-state index < -0.39 is 12.1 Å².